The summed E-state index contributed by atoms with van der Waals surface area (Å²) in [4.78, 5) is 5.50. The van der Waals surface area contributed by atoms with E-state index in [2.05, 4.69) is 35.6 Å². The third-order valence-corrected chi connectivity index (χ3v) is 3.61. The fourth-order valence-electron chi connectivity index (χ4n) is 1.65. The minimum atomic E-state index is 0.816. The summed E-state index contributed by atoms with van der Waals surface area (Å²) in [5.41, 5.74) is 1.25. The van der Waals surface area contributed by atoms with Crippen molar-refractivity contribution in [3.05, 3.63) is 29.1 Å². The Kier molecular flexibility index (Phi) is 4.34. The Morgan fingerprint density at radius 2 is 2.29 bits per heavy atom. The van der Waals surface area contributed by atoms with Crippen molar-refractivity contribution in [1.82, 2.24) is 10.3 Å². The van der Waals surface area contributed by atoms with Gasteiger partial charge in [-0.3, -0.25) is 0 Å². The molecule has 0 atom stereocenters. The summed E-state index contributed by atoms with van der Waals surface area (Å²) in [6.07, 6.45) is 3.84. The minimum Gasteiger partial charge on any atom is -0.440 e. The third-order valence-electron chi connectivity index (χ3n) is 2.58. The van der Waals surface area contributed by atoms with Gasteiger partial charge in [0.2, 0.25) is 0 Å². The van der Waals surface area contributed by atoms with Gasteiger partial charge in [-0.2, -0.15) is 0 Å². The normalized spacial score (nSPS) is 10.9. The zero-order valence-corrected chi connectivity index (χ0v) is 11.1. The first kappa shape index (κ1) is 12.3. The van der Waals surface area contributed by atoms with E-state index in [0.29, 0.717) is 0 Å². The molecule has 0 aromatic carbocycles. The summed E-state index contributed by atoms with van der Waals surface area (Å²) in [7, 11) is 0. The average Bonchev–Trinajstić information content (AvgIpc) is 2.93. The quantitative estimate of drug-likeness (QED) is 0.800. The van der Waals surface area contributed by atoms with Crippen LogP contribution < -0.4 is 5.32 Å². The van der Waals surface area contributed by atoms with Gasteiger partial charge in [-0.05, 0) is 36.9 Å². The molecule has 2 aromatic rings. The highest BCUT2D eigenvalue weighted by Crippen LogP contribution is 2.29. The number of hydrogen-bond acceptors (Lipinski definition) is 4. The van der Waals surface area contributed by atoms with E-state index < -0.39 is 0 Å². The van der Waals surface area contributed by atoms with Crippen molar-refractivity contribution in [2.75, 3.05) is 13.1 Å². The van der Waals surface area contributed by atoms with E-state index in [9.17, 15) is 0 Å². The molecule has 17 heavy (non-hydrogen) atoms. The Morgan fingerprint density at radius 3 is 3.00 bits per heavy atom. The highest BCUT2D eigenvalue weighted by Gasteiger charge is 2.09. The Bertz CT molecular complexity index is 461. The summed E-state index contributed by atoms with van der Waals surface area (Å²) in [6, 6.07) is 2.10. The topological polar surface area (TPSA) is 38.1 Å². The van der Waals surface area contributed by atoms with Crippen molar-refractivity contribution in [1.29, 1.82) is 0 Å². The largest absolute Gasteiger partial charge is 0.440 e. The molecular weight excluding hydrogens is 232 g/mol. The van der Waals surface area contributed by atoms with Crippen LogP contribution in [0.3, 0.4) is 0 Å². The highest BCUT2D eigenvalue weighted by molar-refractivity contribution is 7.13. The van der Waals surface area contributed by atoms with Gasteiger partial charge >= 0.3 is 0 Å². The highest BCUT2D eigenvalue weighted by atomic mass is 32.1. The van der Waals surface area contributed by atoms with E-state index in [0.717, 1.165) is 37.6 Å². The van der Waals surface area contributed by atoms with Gasteiger partial charge in [-0.25, -0.2) is 4.98 Å². The fourth-order valence-corrected chi connectivity index (χ4v) is 2.53. The number of hydrogen-bond donors (Lipinski definition) is 1. The number of aryl methyl sites for hydroxylation is 1. The molecule has 2 heterocycles. The van der Waals surface area contributed by atoms with Crippen molar-refractivity contribution in [2.45, 2.75) is 26.7 Å². The second kappa shape index (κ2) is 5.98. The van der Waals surface area contributed by atoms with Crippen LogP contribution in [0.1, 0.15) is 24.8 Å². The van der Waals surface area contributed by atoms with Crippen molar-refractivity contribution in [2.24, 2.45) is 0 Å². The molecule has 0 spiro atoms. The van der Waals surface area contributed by atoms with Crippen molar-refractivity contribution < 1.29 is 4.42 Å². The first-order valence-electron chi connectivity index (χ1n) is 6.01. The molecule has 0 aliphatic rings. The average molecular weight is 250 g/mol. The van der Waals surface area contributed by atoms with Crippen LogP contribution in [0.2, 0.25) is 0 Å². The van der Waals surface area contributed by atoms with E-state index in [4.69, 9.17) is 4.42 Å². The lowest BCUT2D eigenvalue weighted by atomic mass is 10.2. The van der Waals surface area contributed by atoms with Gasteiger partial charge in [0, 0.05) is 13.0 Å². The van der Waals surface area contributed by atoms with Crippen LogP contribution in [-0.2, 0) is 6.42 Å². The predicted molar refractivity (Wildman–Crippen MR) is 71.4 cm³/mol. The van der Waals surface area contributed by atoms with Gasteiger partial charge < -0.3 is 9.73 Å². The van der Waals surface area contributed by atoms with Gasteiger partial charge in [0.05, 0.1) is 11.1 Å². The minimum absolute atomic E-state index is 0.816. The van der Waals surface area contributed by atoms with E-state index in [1.54, 1.807) is 11.3 Å². The van der Waals surface area contributed by atoms with Gasteiger partial charge in [0.1, 0.15) is 0 Å². The number of aromatic nitrogens is 1. The van der Waals surface area contributed by atoms with Gasteiger partial charge in [0.15, 0.2) is 11.7 Å². The zero-order chi connectivity index (χ0) is 12.1. The lowest BCUT2D eigenvalue weighted by Crippen LogP contribution is -2.17. The molecule has 0 aliphatic heterocycles. The summed E-state index contributed by atoms with van der Waals surface area (Å²) in [5, 5.41) is 5.42. The molecule has 0 bridgehead atoms. The smallest absolute Gasteiger partial charge is 0.196 e. The number of nitrogens with zero attached hydrogens (tertiary/aromatic N) is 1. The molecule has 2 aromatic heterocycles. The maximum atomic E-state index is 5.75. The van der Waals surface area contributed by atoms with Crippen LogP contribution in [0.4, 0.5) is 0 Å². The summed E-state index contributed by atoms with van der Waals surface area (Å²) in [5.74, 6) is 1.71. The first-order valence-corrected chi connectivity index (χ1v) is 6.89. The van der Waals surface area contributed by atoms with Crippen LogP contribution in [-0.4, -0.2) is 18.1 Å². The Labute approximate surface area is 106 Å². The molecule has 2 rings (SSSR count). The Balaban J connectivity index is 1.95. The van der Waals surface area contributed by atoms with E-state index >= 15 is 0 Å². The fraction of sp³-hybridized carbons (Fsp3) is 0.462. The lowest BCUT2D eigenvalue weighted by Gasteiger charge is -1.99. The summed E-state index contributed by atoms with van der Waals surface area (Å²) < 4.78 is 5.75. The molecule has 92 valence electrons. The van der Waals surface area contributed by atoms with Crippen LogP contribution in [0.15, 0.2) is 22.1 Å². The van der Waals surface area contributed by atoms with Crippen molar-refractivity contribution in [3.8, 4) is 10.6 Å². The number of thiophene rings is 1. The maximum Gasteiger partial charge on any atom is 0.196 e. The Morgan fingerprint density at radius 1 is 1.41 bits per heavy atom. The van der Waals surface area contributed by atoms with Gasteiger partial charge in [-0.1, -0.05) is 6.92 Å². The molecule has 0 saturated heterocycles. The molecule has 0 amide bonds. The lowest BCUT2D eigenvalue weighted by molar-refractivity contribution is 0.495. The standard InChI is InChI=1S/C13H18N2OS/c1-3-6-14-7-4-12-15-9-11(16-12)13-10(2)5-8-17-13/h5,8-9,14H,3-4,6-7H2,1-2H3. The number of nitrogens with one attached hydrogen (secondary N) is 1. The second-order valence-corrected chi connectivity index (χ2v) is 4.97. The number of oxazole rings is 1. The zero-order valence-electron chi connectivity index (χ0n) is 10.3. The van der Waals surface area contributed by atoms with Crippen molar-refractivity contribution >= 4 is 11.3 Å². The number of rotatable bonds is 6. The molecule has 0 unspecified atom stereocenters. The molecule has 0 aliphatic carbocycles. The molecule has 0 radical (unpaired) electrons. The van der Waals surface area contributed by atoms with E-state index in [1.165, 1.54) is 10.4 Å². The molecular formula is C13H18N2OS. The van der Waals surface area contributed by atoms with E-state index in [1.807, 2.05) is 6.20 Å². The van der Waals surface area contributed by atoms with Crippen LogP contribution in [0.5, 0.6) is 0 Å². The SMILES string of the molecule is CCCNCCc1ncc(-c2sccc2C)o1. The van der Waals surface area contributed by atoms with Crippen LogP contribution in [0, 0.1) is 6.92 Å². The van der Waals surface area contributed by atoms with Gasteiger partial charge in [-0.15, -0.1) is 11.3 Å². The van der Waals surface area contributed by atoms with E-state index in [-0.39, 0.29) is 0 Å². The second-order valence-electron chi connectivity index (χ2n) is 4.05. The van der Waals surface area contributed by atoms with Crippen LogP contribution in [0.25, 0.3) is 10.6 Å². The maximum absolute atomic E-state index is 5.75. The van der Waals surface area contributed by atoms with Crippen molar-refractivity contribution in [3.63, 3.8) is 0 Å². The monoisotopic (exact) mass is 250 g/mol. The van der Waals surface area contributed by atoms with Crippen LogP contribution >= 0.6 is 11.3 Å². The molecule has 0 saturated carbocycles. The molecule has 4 heteroatoms. The van der Waals surface area contributed by atoms with Gasteiger partial charge in [0.25, 0.3) is 0 Å². The molecule has 1 N–H and O–H groups in total. The first-order chi connectivity index (χ1) is 8.31. The summed E-state index contributed by atoms with van der Waals surface area (Å²) in [6.45, 7) is 6.24. The molecule has 3 nitrogen and oxygen atoms in total. The summed E-state index contributed by atoms with van der Waals surface area (Å²) >= 11 is 1.70. The molecule has 0 fully saturated rings. The third kappa shape index (κ3) is 3.17. The Hall–Kier alpha value is -1.13. The predicted octanol–water partition coefficient (Wildman–Crippen LogP) is 3.25.